The number of rotatable bonds is 2. The monoisotopic (exact) mass is 198 g/mol. The topological polar surface area (TPSA) is 42.7 Å². The van der Waals surface area contributed by atoms with Crippen LogP contribution in [0.4, 0.5) is 4.79 Å². The molecule has 0 saturated heterocycles. The van der Waals surface area contributed by atoms with Crippen molar-refractivity contribution in [3.05, 3.63) is 11.4 Å². The lowest BCUT2D eigenvalue weighted by Crippen LogP contribution is -2.39. The maximum atomic E-state index is 11.2. The van der Waals surface area contributed by atoms with Gasteiger partial charge in [0, 0.05) is 13.8 Å². The summed E-state index contributed by atoms with van der Waals surface area (Å²) in [6.45, 7) is 16.1. The van der Waals surface area contributed by atoms with E-state index in [9.17, 15) is 4.79 Å². The van der Waals surface area contributed by atoms with Crippen LogP contribution in [0.3, 0.4) is 0 Å². The summed E-state index contributed by atoms with van der Waals surface area (Å²) in [6.07, 6.45) is -0.478. The summed E-state index contributed by atoms with van der Waals surface area (Å²) in [5.74, 6) is 0. The van der Waals surface area contributed by atoms with Gasteiger partial charge in [0.1, 0.15) is 5.60 Å². The Labute approximate surface area is 85.5 Å². The molecule has 0 aromatic rings. The van der Waals surface area contributed by atoms with Crippen LogP contribution in [-0.4, -0.2) is 23.8 Å². The van der Waals surface area contributed by atoms with E-state index in [-0.39, 0.29) is 0 Å². The zero-order valence-electron chi connectivity index (χ0n) is 9.47. The van der Waals surface area contributed by atoms with E-state index in [1.807, 2.05) is 0 Å². The van der Waals surface area contributed by atoms with Crippen LogP contribution >= 0.6 is 0 Å². The minimum Gasteiger partial charge on any atom is -0.444 e. The van der Waals surface area contributed by atoms with Crippen LogP contribution in [0.2, 0.25) is 0 Å². The van der Waals surface area contributed by atoms with Crippen molar-refractivity contribution in [1.29, 1.82) is 0 Å². The molecule has 0 aromatic heterocycles. The summed E-state index contributed by atoms with van der Waals surface area (Å²) in [4.78, 5) is 14.6. The van der Waals surface area contributed by atoms with E-state index in [0.29, 0.717) is 6.54 Å². The Balaban J connectivity index is 3.95. The van der Waals surface area contributed by atoms with Gasteiger partial charge < -0.3 is 14.9 Å². The summed E-state index contributed by atoms with van der Waals surface area (Å²) < 4.78 is 5.02. The van der Waals surface area contributed by atoms with Gasteiger partial charge in [0.25, 0.3) is 0 Å². The van der Waals surface area contributed by atoms with Crippen LogP contribution in [0.5, 0.6) is 0 Å². The van der Waals surface area contributed by atoms with Gasteiger partial charge in [-0.1, -0.05) is 0 Å². The molecule has 0 radical (unpaired) electrons. The number of hydrogen-bond donors (Lipinski definition) is 1. The number of hydrogen-bond acceptors (Lipinski definition) is 2. The third-order valence-electron chi connectivity index (χ3n) is 1.37. The lowest BCUT2D eigenvalue weighted by molar-refractivity contribution is 0.0521. The Morgan fingerprint density at radius 3 is 2.21 bits per heavy atom. The van der Waals surface area contributed by atoms with Gasteiger partial charge in [0.15, 0.2) is 0 Å². The van der Waals surface area contributed by atoms with E-state index in [1.165, 1.54) is 0 Å². The molecule has 14 heavy (non-hydrogen) atoms. The molecule has 1 amide bonds. The maximum absolute atomic E-state index is 11.2. The Morgan fingerprint density at radius 2 is 1.86 bits per heavy atom. The fraction of sp³-hybridized carbons (Fsp3) is 0.800. The smallest absolute Gasteiger partial charge is 0.407 e. The molecule has 0 aliphatic carbocycles. The molecule has 0 aromatic carbocycles. The number of carbonyl (C=O) groups is 1. The number of alkyl carbamates (subject to hydrolysis) is 1. The van der Waals surface area contributed by atoms with Gasteiger partial charge >= 0.3 is 6.09 Å². The predicted molar refractivity (Wildman–Crippen MR) is 54.9 cm³/mol. The lowest BCUT2D eigenvalue weighted by atomic mass is 10.1. The normalized spacial score (nSPS) is 11.7. The molecule has 1 N–H and O–H groups in total. The molecule has 80 valence electrons. The van der Waals surface area contributed by atoms with Crippen LogP contribution in [0.15, 0.2) is 0 Å². The van der Waals surface area contributed by atoms with Gasteiger partial charge in [-0.05, 0) is 20.8 Å². The van der Waals surface area contributed by atoms with Gasteiger partial charge in [-0.15, -0.1) is 0 Å². The summed E-state index contributed by atoms with van der Waals surface area (Å²) in [5, 5.41) is 2.56. The third-order valence-corrected chi connectivity index (χ3v) is 1.37. The quantitative estimate of drug-likeness (QED) is 0.691. The molecule has 0 spiro atoms. The molecule has 0 saturated carbocycles. The zero-order valence-corrected chi connectivity index (χ0v) is 9.47. The number of amides is 1. The first-order valence-electron chi connectivity index (χ1n) is 4.52. The second kappa shape index (κ2) is 4.32. The first-order chi connectivity index (χ1) is 6.16. The van der Waals surface area contributed by atoms with Gasteiger partial charge in [0.2, 0.25) is 5.54 Å². The predicted octanol–water partition coefficient (Wildman–Crippen LogP) is 2.21. The maximum Gasteiger partial charge on any atom is 0.407 e. The highest BCUT2D eigenvalue weighted by Crippen LogP contribution is 2.09. The van der Waals surface area contributed by atoms with E-state index in [4.69, 9.17) is 11.3 Å². The molecule has 0 atom stereocenters. The van der Waals surface area contributed by atoms with E-state index in [2.05, 4.69) is 10.2 Å². The highest BCUT2D eigenvalue weighted by Gasteiger charge is 2.25. The van der Waals surface area contributed by atoms with Crippen LogP contribution in [0, 0.1) is 6.57 Å². The van der Waals surface area contributed by atoms with Crippen molar-refractivity contribution in [3.8, 4) is 0 Å². The van der Waals surface area contributed by atoms with E-state index in [1.54, 1.807) is 34.6 Å². The molecule has 0 unspecified atom stereocenters. The van der Waals surface area contributed by atoms with Crippen LogP contribution in [0.1, 0.15) is 34.6 Å². The molecule has 0 heterocycles. The Hall–Kier alpha value is -1.24. The number of nitrogens with one attached hydrogen (secondary N) is 1. The summed E-state index contributed by atoms with van der Waals surface area (Å²) in [7, 11) is 0. The van der Waals surface area contributed by atoms with Crippen molar-refractivity contribution >= 4 is 6.09 Å². The standard InChI is InChI=1S/C10H18N2O2/c1-9(2,3)14-8(13)12-7-10(4,5)11-6/h7H2,1-5H3,(H,12,13). The second-order valence-corrected chi connectivity index (χ2v) is 4.78. The molecular formula is C10H18N2O2. The minimum absolute atomic E-state index is 0.297. The highest BCUT2D eigenvalue weighted by atomic mass is 16.6. The van der Waals surface area contributed by atoms with Gasteiger partial charge in [-0.25, -0.2) is 11.4 Å². The minimum atomic E-state index is -0.573. The first kappa shape index (κ1) is 12.8. The highest BCUT2D eigenvalue weighted by molar-refractivity contribution is 5.67. The van der Waals surface area contributed by atoms with Gasteiger partial charge in [-0.3, -0.25) is 0 Å². The Kier molecular flexibility index (Phi) is 3.93. The molecule has 0 bridgehead atoms. The third kappa shape index (κ3) is 6.30. The molecule has 0 aliphatic rings. The van der Waals surface area contributed by atoms with Crippen molar-refractivity contribution in [2.45, 2.75) is 45.8 Å². The van der Waals surface area contributed by atoms with Crippen molar-refractivity contribution < 1.29 is 9.53 Å². The van der Waals surface area contributed by atoms with E-state index < -0.39 is 17.2 Å². The lowest BCUT2D eigenvalue weighted by Gasteiger charge is -2.20. The van der Waals surface area contributed by atoms with Crippen LogP contribution < -0.4 is 5.32 Å². The first-order valence-corrected chi connectivity index (χ1v) is 4.52. The second-order valence-electron chi connectivity index (χ2n) is 4.78. The van der Waals surface area contributed by atoms with Crippen molar-refractivity contribution in [1.82, 2.24) is 5.32 Å². The largest absolute Gasteiger partial charge is 0.444 e. The number of nitrogens with zero attached hydrogens (tertiary/aromatic N) is 1. The molecule has 0 rings (SSSR count). The van der Waals surface area contributed by atoms with Crippen molar-refractivity contribution in [2.24, 2.45) is 0 Å². The van der Waals surface area contributed by atoms with Crippen molar-refractivity contribution in [3.63, 3.8) is 0 Å². The fourth-order valence-electron chi connectivity index (χ4n) is 0.642. The molecule has 4 nitrogen and oxygen atoms in total. The summed E-state index contributed by atoms with van der Waals surface area (Å²) in [6, 6.07) is 0. The average Bonchev–Trinajstić information content (AvgIpc) is 1.98. The molecule has 0 aliphatic heterocycles. The Bertz CT molecular complexity index is 246. The van der Waals surface area contributed by atoms with Crippen molar-refractivity contribution in [2.75, 3.05) is 6.54 Å². The van der Waals surface area contributed by atoms with E-state index in [0.717, 1.165) is 0 Å². The van der Waals surface area contributed by atoms with Crippen LogP contribution in [0.25, 0.3) is 4.85 Å². The molecule has 0 fully saturated rings. The number of ether oxygens (including phenoxy) is 1. The Morgan fingerprint density at radius 1 is 1.36 bits per heavy atom. The summed E-state index contributed by atoms with van der Waals surface area (Å²) >= 11 is 0. The van der Waals surface area contributed by atoms with Gasteiger partial charge in [-0.2, -0.15) is 0 Å². The average molecular weight is 198 g/mol. The molecule has 4 heteroatoms. The zero-order chi connectivity index (χ0) is 11.4. The van der Waals surface area contributed by atoms with E-state index >= 15 is 0 Å². The number of carbonyl (C=O) groups excluding carboxylic acids is 1. The molecular weight excluding hydrogens is 180 g/mol. The SMILES string of the molecule is [C-]#[N+]C(C)(C)CNC(=O)OC(C)(C)C. The van der Waals surface area contributed by atoms with Gasteiger partial charge in [0.05, 0.1) is 6.54 Å². The van der Waals surface area contributed by atoms with Crippen LogP contribution in [-0.2, 0) is 4.74 Å². The summed E-state index contributed by atoms with van der Waals surface area (Å²) in [5.41, 5.74) is -1.07. The fourth-order valence-corrected chi connectivity index (χ4v) is 0.642.